The van der Waals surface area contributed by atoms with Gasteiger partial charge < -0.3 is 15.0 Å². The van der Waals surface area contributed by atoms with E-state index in [4.69, 9.17) is 16.3 Å². The number of fused-ring (bicyclic) bond motifs is 1. The number of anilines is 1. The fraction of sp³-hybridized carbons (Fsp3) is 0.250. The molecular formula is C20H19ClN2O4. The Morgan fingerprint density at radius 1 is 1.15 bits per heavy atom. The van der Waals surface area contributed by atoms with Gasteiger partial charge in [-0.1, -0.05) is 23.7 Å². The van der Waals surface area contributed by atoms with E-state index in [0.29, 0.717) is 28.6 Å². The van der Waals surface area contributed by atoms with Crippen LogP contribution in [0.3, 0.4) is 0 Å². The molecule has 1 aliphatic rings. The number of amides is 2. The van der Waals surface area contributed by atoms with E-state index in [-0.39, 0.29) is 37.0 Å². The first-order valence-corrected chi connectivity index (χ1v) is 8.89. The first kappa shape index (κ1) is 18.9. The molecule has 3 rings (SSSR count). The van der Waals surface area contributed by atoms with Gasteiger partial charge in [-0.2, -0.15) is 0 Å². The lowest BCUT2D eigenvalue weighted by atomic mass is 10.0. The van der Waals surface area contributed by atoms with Gasteiger partial charge in [0.15, 0.2) is 12.4 Å². The van der Waals surface area contributed by atoms with Crippen LogP contribution in [0.5, 0.6) is 5.75 Å². The third-order valence-corrected chi connectivity index (χ3v) is 4.60. The Bertz CT molecular complexity index is 880. The van der Waals surface area contributed by atoms with Crippen LogP contribution < -0.4 is 15.0 Å². The second-order valence-corrected chi connectivity index (χ2v) is 6.69. The normalized spacial score (nSPS) is 13.0. The van der Waals surface area contributed by atoms with E-state index in [1.807, 2.05) is 12.1 Å². The van der Waals surface area contributed by atoms with Crippen LogP contribution >= 0.6 is 11.6 Å². The summed E-state index contributed by atoms with van der Waals surface area (Å²) >= 11 is 5.82. The second kappa shape index (κ2) is 8.22. The Morgan fingerprint density at radius 3 is 2.63 bits per heavy atom. The maximum atomic E-state index is 12.4. The van der Waals surface area contributed by atoms with Crippen molar-refractivity contribution < 1.29 is 19.1 Å². The van der Waals surface area contributed by atoms with Gasteiger partial charge in [0, 0.05) is 37.0 Å². The minimum Gasteiger partial charge on any atom is -0.482 e. The third-order valence-electron chi connectivity index (χ3n) is 4.35. The molecule has 1 N–H and O–H groups in total. The fourth-order valence-electron chi connectivity index (χ4n) is 2.71. The van der Waals surface area contributed by atoms with Crippen LogP contribution in [0.15, 0.2) is 42.5 Å². The van der Waals surface area contributed by atoms with Crippen molar-refractivity contribution in [3.63, 3.8) is 0 Å². The lowest BCUT2D eigenvalue weighted by Gasteiger charge is -2.26. The standard InChI is InChI=1S/C20H19ClN2O4/c1-23-16-10-14(4-8-18(16)27-12-20(23)26)17(24)7-9-19(25)22-11-13-2-5-15(21)6-3-13/h2-6,8,10H,7,9,11-12H2,1H3,(H,22,25). The summed E-state index contributed by atoms with van der Waals surface area (Å²) < 4.78 is 5.35. The van der Waals surface area contributed by atoms with Crippen molar-refractivity contribution >= 4 is 34.9 Å². The lowest BCUT2D eigenvalue weighted by Crippen LogP contribution is -2.35. The quantitative estimate of drug-likeness (QED) is 0.774. The summed E-state index contributed by atoms with van der Waals surface area (Å²) in [7, 11) is 1.64. The molecule has 27 heavy (non-hydrogen) atoms. The summed E-state index contributed by atoms with van der Waals surface area (Å²) in [5.41, 5.74) is 1.94. The highest BCUT2D eigenvalue weighted by Gasteiger charge is 2.23. The van der Waals surface area contributed by atoms with Gasteiger partial charge in [-0.3, -0.25) is 14.4 Å². The van der Waals surface area contributed by atoms with Crippen molar-refractivity contribution in [3.8, 4) is 5.75 Å². The SMILES string of the molecule is CN1C(=O)COc2ccc(C(=O)CCC(=O)NCc3ccc(Cl)cc3)cc21. The largest absolute Gasteiger partial charge is 0.482 e. The molecule has 0 fully saturated rings. The number of Topliss-reactive ketones (excluding diaryl/α,β-unsaturated/α-hetero) is 1. The highest BCUT2D eigenvalue weighted by Crippen LogP contribution is 2.32. The number of rotatable bonds is 6. The zero-order valence-electron chi connectivity index (χ0n) is 14.8. The van der Waals surface area contributed by atoms with Crippen LogP contribution in [0.25, 0.3) is 0 Å². The number of likely N-dealkylation sites (N-methyl/N-ethyl adjacent to an activating group) is 1. The molecule has 0 spiro atoms. The summed E-state index contributed by atoms with van der Waals surface area (Å²) in [6, 6.07) is 12.1. The van der Waals surface area contributed by atoms with Gasteiger partial charge in [-0.25, -0.2) is 0 Å². The highest BCUT2D eigenvalue weighted by molar-refractivity contribution is 6.30. The van der Waals surface area contributed by atoms with E-state index in [1.165, 1.54) is 4.90 Å². The van der Waals surface area contributed by atoms with Crippen molar-refractivity contribution in [2.24, 2.45) is 0 Å². The minimum atomic E-state index is -0.202. The maximum Gasteiger partial charge on any atom is 0.264 e. The highest BCUT2D eigenvalue weighted by atomic mass is 35.5. The van der Waals surface area contributed by atoms with Gasteiger partial charge >= 0.3 is 0 Å². The Labute approximate surface area is 162 Å². The van der Waals surface area contributed by atoms with Gasteiger partial charge in [0.05, 0.1) is 5.69 Å². The zero-order chi connectivity index (χ0) is 19.4. The van der Waals surface area contributed by atoms with Crippen LogP contribution in [-0.2, 0) is 16.1 Å². The predicted molar refractivity (Wildman–Crippen MR) is 102 cm³/mol. The zero-order valence-corrected chi connectivity index (χ0v) is 15.6. The molecule has 6 nitrogen and oxygen atoms in total. The van der Waals surface area contributed by atoms with E-state index in [2.05, 4.69) is 5.32 Å². The number of nitrogens with one attached hydrogen (secondary N) is 1. The molecule has 0 saturated heterocycles. The van der Waals surface area contributed by atoms with Gasteiger partial charge in [0.2, 0.25) is 5.91 Å². The van der Waals surface area contributed by atoms with E-state index in [9.17, 15) is 14.4 Å². The number of ether oxygens (including phenoxy) is 1. The van der Waals surface area contributed by atoms with Crippen molar-refractivity contribution in [1.82, 2.24) is 5.32 Å². The summed E-state index contributed by atoms with van der Waals surface area (Å²) in [6.45, 7) is 0.373. The Balaban J connectivity index is 1.54. The molecule has 0 atom stereocenters. The lowest BCUT2D eigenvalue weighted by molar-refractivity contribution is -0.121. The molecule has 2 aromatic carbocycles. The average molecular weight is 387 g/mol. The van der Waals surface area contributed by atoms with Gasteiger partial charge in [0.25, 0.3) is 5.91 Å². The molecule has 140 valence electrons. The molecule has 1 aliphatic heterocycles. The van der Waals surface area contributed by atoms with E-state index < -0.39 is 0 Å². The predicted octanol–water partition coefficient (Wildman–Crippen LogP) is 2.97. The number of hydrogen-bond acceptors (Lipinski definition) is 4. The van der Waals surface area contributed by atoms with Crippen molar-refractivity contribution in [2.45, 2.75) is 19.4 Å². The summed E-state index contributed by atoms with van der Waals surface area (Å²) in [4.78, 5) is 37.6. The number of halogens is 1. The molecule has 0 aromatic heterocycles. The smallest absolute Gasteiger partial charge is 0.264 e. The fourth-order valence-corrected chi connectivity index (χ4v) is 2.83. The number of ketones is 1. The van der Waals surface area contributed by atoms with Gasteiger partial charge in [-0.15, -0.1) is 0 Å². The molecule has 0 bridgehead atoms. The van der Waals surface area contributed by atoms with Crippen LogP contribution in [0, 0.1) is 0 Å². The second-order valence-electron chi connectivity index (χ2n) is 6.25. The molecule has 0 unspecified atom stereocenters. The van der Waals surface area contributed by atoms with E-state index >= 15 is 0 Å². The topological polar surface area (TPSA) is 75.7 Å². The molecule has 1 heterocycles. The minimum absolute atomic E-state index is 0.00934. The summed E-state index contributed by atoms with van der Waals surface area (Å²) in [5, 5.41) is 3.42. The number of carbonyl (C=O) groups is 3. The Kier molecular flexibility index (Phi) is 5.76. The first-order valence-electron chi connectivity index (χ1n) is 8.52. The number of nitrogens with zero attached hydrogens (tertiary/aromatic N) is 1. The molecule has 0 saturated carbocycles. The molecular weight excluding hydrogens is 368 g/mol. The molecule has 0 aliphatic carbocycles. The number of benzene rings is 2. The maximum absolute atomic E-state index is 12.4. The molecule has 0 radical (unpaired) electrons. The van der Waals surface area contributed by atoms with Crippen LogP contribution in [0.1, 0.15) is 28.8 Å². The first-order chi connectivity index (χ1) is 12.9. The van der Waals surface area contributed by atoms with Crippen LogP contribution in [-0.4, -0.2) is 31.3 Å². The number of hydrogen-bond donors (Lipinski definition) is 1. The molecule has 2 amide bonds. The van der Waals surface area contributed by atoms with Crippen LogP contribution in [0.2, 0.25) is 5.02 Å². The van der Waals surface area contributed by atoms with Crippen molar-refractivity contribution in [2.75, 3.05) is 18.6 Å². The van der Waals surface area contributed by atoms with E-state index in [1.54, 1.807) is 37.4 Å². The monoisotopic (exact) mass is 386 g/mol. The van der Waals surface area contributed by atoms with Crippen LogP contribution in [0.4, 0.5) is 5.69 Å². The van der Waals surface area contributed by atoms with E-state index in [0.717, 1.165) is 5.56 Å². The summed E-state index contributed by atoms with van der Waals surface area (Å²) in [6.07, 6.45) is 0.179. The molecule has 2 aromatic rings. The number of carbonyl (C=O) groups excluding carboxylic acids is 3. The van der Waals surface area contributed by atoms with Crippen molar-refractivity contribution in [3.05, 3.63) is 58.6 Å². The van der Waals surface area contributed by atoms with Gasteiger partial charge in [0.1, 0.15) is 5.75 Å². The summed E-state index contributed by atoms with van der Waals surface area (Å²) in [5.74, 6) is 0.0285. The average Bonchev–Trinajstić information content (AvgIpc) is 2.68. The third kappa shape index (κ3) is 4.65. The Morgan fingerprint density at radius 2 is 1.89 bits per heavy atom. The van der Waals surface area contributed by atoms with Crippen molar-refractivity contribution in [1.29, 1.82) is 0 Å². The Hall–Kier alpha value is -2.86. The molecule has 7 heteroatoms. The van der Waals surface area contributed by atoms with Gasteiger partial charge in [-0.05, 0) is 35.9 Å².